The zero-order valence-corrected chi connectivity index (χ0v) is 15.5. The fraction of sp³-hybridized carbons (Fsp3) is 0.222. The van der Waals surface area contributed by atoms with Gasteiger partial charge in [0, 0.05) is 30.1 Å². The zero-order chi connectivity index (χ0) is 19.0. The molecule has 2 rings (SSSR count). The second-order valence-electron chi connectivity index (χ2n) is 5.47. The van der Waals surface area contributed by atoms with Crippen molar-refractivity contribution in [1.82, 2.24) is 10.0 Å². The van der Waals surface area contributed by atoms with Crippen LogP contribution in [0.2, 0.25) is 5.02 Å². The molecule has 2 aromatic carbocycles. The molecule has 6 nitrogen and oxygen atoms in total. The normalized spacial score (nSPS) is 10.9. The topological polar surface area (TPSA) is 99.1 Å². The number of nitrogens with zero attached hydrogens (tertiary/aromatic N) is 1. The van der Waals surface area contributed by atoms with Gasteiger partial charge in [-0.15, -0.1) is 0 Å². The number of nitrogens with one attached hydrogen (secondary N) is 2. The molecule has 0 saturated carbocycles. The third kappa shape index (κ3) is 5.85. The Kier molecular flexibility index (Phi) is 7.16. The molecule has 0 bridgehead atoms. The third-order valence-electron chi connectivity index (χ3n) is 3.54. The van der Waals surface area contributed by atoms with Crippen molar-refractivity contribution < 1.29 is 13.2 Å². The highest BCUT2D eigenvalue weighted by Gasteiger charge is 2.14. The van der Waals surface area contributed by atoms with Crippen molar-refractivity contribution in [1.29, 1.82) is 5.26 Å². The summed E-state index contributed by atoms with van der Waals surface area (Å²) in [6.45, 7) is 0.486. The predicted octanol–water partition coefficient (Wildman–Crippen LogP) is 2.50. The van der Waals surface area contributed by atoms with E-state index in [4.69, 9.17) is 16.9 Å². The lowest BCUT2D eigenvalue weighted by molar-refractivity contribution is 0.0954. The molecule has 2 aromatic rings. The standard InChI is InChI=1S/C18H18ClN3O3S/c19-16-4-1-3-14(13-16)9-12-21-18(23)15-5-7-17(8-6-15)26(24,25)22-11-2-10-20/h1,3-8,13,22H,2,9,11-12H2,(H,21,23). The van der Waals surface area contributed by atoms with Crippen LogP contribution >= 0.6 is 11.6 Å². The molecule has 2 N–H and O–H groups in total. The molecule has 0 aromatic heterocycles. The van der Waals surface area contributed by atoms with E-state index in [1.54, 1.807) is 6.07 Å². The summed E-state index contributed by atoms with van der Waals surface area (Å²) in [5.41, 5.74) is 1.38. The van der Waals surface area contributed by atoms with Crippen LogP contribution in [0.15, 0.2) is 53.4 Å². The smallest absolute Gasteiger partial charge is 0.251 e. The number of halogens is 1. The summed E-state index contributed by atoms with van der Waals surface area (Å²) < 4.78 is 26.3. The molecule has 1 amide bonds. The molecule has 0 spiro atoms. The summed E-state index contributed by atoms with van der Waals surface area (Å²) in [6.07, 6.45) is 0.730. The number of hydrogen-bond donors (Lipinski definition) is 2. The molecule has 0 radical (unpaired) electrons. The van der Waals surface area contributed by atoms with Gasteiger partial charge >= 0.3 is 0 Å². The van der Waals surface area contributed by atoms with Gasteiger partial charge in [-0.3, -0.25) is 4.79 Å². The molecule has 0 aliphatic rings. The Morgan fingerprint density at radius 3 is 2.50 bits per heavy atom. The molecule has 8 heteroatoms. The number of benzene rings is 2. The van der Waals surface area contributed by atoms with Gasteiger partial charge in [-0.2, -0.15) is 5.26 Å². The van der Waals surface area contributed by atoms with Gasteiger partial charge in [0.25, 0.3) is 5.91 Å². The highest BCUT2D eigenvalue weighted by molar-refractivity contribution is 7.89. The molecule has 0 fully saturated rings. The van der Waals surface area contributed by atoms with Crippen LogP contribution in [-0.2, 0) is 16.4 Å². The Labute approximate surface area is 157 Å². The summed E-state index contributed by atoms with van der Waals surface area (Å²) in [4.78, 5) is 12.2. The fourth-order valence-electron chi connectivity index (χ4n) is 2.22. The van der Waals surface area contributed by atoms with Crippen LogP contribution in [0.4, 0.5) is 0 Å². The van der Waals surface area contributed by atoms with Gasteiger partial charge < -0.3 is 5.32 Å². The van der Waals surface area contributed by atoms with Crippen LogP contribution in [0.3, 0.4) is 0 Å². The summed E-state index contributed by atoms with van der Waals surface area (Å²) in [5.74, 6) is -0.284. The van der Waals surface area contributed by atoms with Gasteiger partial charge in [-0.05, 0) is 48.4 Å². The highest BCUT2D eigenvalue weighted by Crippen LogP contribution is 2.12. The maximum atomic E-state index is 12.1. The van der Waals surface area contributed by atoms with Crippen molar-refractivity contribution >= 4 is 27.5 Å². The lowest BCUT2D eigenvalue weighted by atomic mass is 10.1. The number of rotatable bonds is 8. The van der Waals surface area contributed by atoms with E-state index >= 15 is 0 Å². The lowest BCUT2D eigenvalue weighted by Gasteiger charge is -2.08. The van der Waals surface area contributed by atoms with Gasteiger partial charge in [-0.25, -0.2) is 13.1 Å². The number of carbonyl (C=O) groups is 1. The molecular formula is C18H18ClN3O3S. The minimum Gasteiger partial charge on any atom is -0.352 e. The number of amides is 1. The van der Waals surface area contributed by atoms with E-state index in [1.165, 1.54) is 24.3 Å². The monoisotopic (exact) mass is 391 g/mol. The number of hydrogen-bond acceptors (Lipinski definition) is 4. The molecule has 0 aliphatic carbocycles. The van der Waals surface area contributed by atoms with E-state index in [0.29, 0.717) is 23.6 Å². The second-order valence-corrected chi connectivity index (χ2v) is 7.67. The van der Waals surface area contributed by atoms with Crippen molar-refractivity contribution in [2.24, 2.45) is 0 Å². The molecule has 136 valence electrons. The number of nitriles is 1. The minimum absolute atomic E-state index is 0.0462. The van der Waals surface area contributed by atoms with E-state index in [2.05, 4.69) is 10.0 Å². The Morgan fingerprint density at radius 2 is 1.85 bits per heavy atom. The first-order valence-corrected chi connectivity index (χ1v) is 9.78. The Balaban J connectivity index is 1.91. The van der Waals surface area contributed by atoms with E-state index in [-0.39, 0.29) is 23.8 Å². The van der Waals surface area contributed by atoms with E-state index in [0.717, 1.165) is 5.56 Å². The first-order valence-electron chi connectivity index (χ1n) is 7.92. The Morgan fingerprint density at radius 1 is 1.12 bits per heavy atom. The summed E-state index contributed by atoms with van der Waals surface area (Å²) >= 11 is 5.92. The van der Waals surface area contributed by atoms with Crippen LogP contribution in [0.1, 0.15) is 22.3 Å². The largest absolute Gasteiger partial charge is 0.352 e. The summed E-state index contributed by atoms with van der Waals surface area (Å²) in [6, 6.07) is 14.9. The average molecular weight is 392 g/mol. The average Bonchev–Trinajstić information content (AvgIpc) is 2.62. The van der Waals surface area contributed by atoms with Crippen molar-refractivity contribution in [2.75, 3.05) is 13.1 Å². The Bertz CT molecular complexity index is 906. The first-order chi connectivity index (χ1) is 12.4. The lowest BCUT2D eigenvalue weighted by Crippen LogP contribution is -2.26. The van der Waals surface area contributed by atoms with Gasteiger partial charge in [-0.1, -0.05) is 23.7 Å². The van der Waals surface area contributed by atoms with Crippen molar-refractivity contribution in [3.63, 3.8) is 0 Å². The van der Waals surface area contributed by atoms with Gasteiger partial charge in [0.2, 0.25) is 10.0 Å². The van der Waals surface area contributed by atoms with Crippen LogP contribution in [-0.4, -0.2) is 27.4 Å². The van der Waals surface area contributed by atoms with Crippen LogP contribution in [0.5, 0.6) is 0 Å². The molecular weight excluding hydrogens is 374 g/mol. The Hall–Kier alpha value is -2.40. The van der Waals surface area contributed by atoms with Gasteiger partial charge in [0.15, 0.2) is 0 Å². The first kappa shape index (κ1) is 19.9. The highest BCUT2D eigenvalue weighted by atomic mass is 35.5. The van der Waals surface area contributed by atoms with E-state index in [1.807, 2.05) is 24.3 Å². The quantitative estimate of drug-likeness (QED) is 0.675. The zero-order valence-electron chi connectivity index (χ0n) is 13.9. The number of carbonyl (C=O) groups excluding carboxylic acids is 1. The van der Waals surface area contributed by atoms with Crippen molar-refractivity contribution in [2.45, 2.75) is 17.7 Å². The molecule has 0 heterocycles. The molecule has 0 aliphatic heterocycles. The van der Waals surface area contributed by atoms with Crippen molar-refractivity contribution in [3.8, 4) is 6.07 Å². The van der Waals surface area contributed by atoms with Crippen LogP contribution < -0.4 is 10.0 Å². The molecule has 0 saturated heterocycles. The van der Waals surface area contributed by atoms with Gasteiger partial charge in [0.05, 0.1) is 11.0 Å². The summed E-state index contributed by atoms with van der Waals surface area (Å²) in [7, 11) is -3.68. The number of sulfonamides is 1. The van der Waals surface area contributed by atoms with Crippen molar-refractivity contribution in [3.05, 3.63) is 64.7 Å². The molecule has 0 atom stereocenters. The van der Waals surface area contributed by atoms with E-state index in [9.17, 15) is 13.2 Å². The summed E-state index contributed by atoms with van der Waals surface area (Å²) in [5, 5.41) is 11.9. The van der Waals surface area contributed by atoms with Crippen LogP contribution in [0, 0.1) is 11.3 Å². The maximum Gasteiger partial charge on any atom is 0.251 e. The van der Waals surface area contributed by atoms with Gasteiger partial charge in [0.1, 0.15) is 0 Å². The third-order valence-corrected chi connectivity index (χ3v) is 5.26. The SMILES string of the molecule is N#CCCNS(=O)(=O)c1ccc(C(=O)NCCc2cccc(Cl)c2)cc1. The second kappa shape index (κ2) is 9.34. The molecule has 0 unspecified atom stereocenters. The van der Waals surface area contributed by atoms with E-state index < -0.39 is 10.0 Å². The fourth-order valence-corrected chi connectivity index (χ4v) is 3.47. The predicted molar refractivity (Wildman–Crippen MR) is 99.3 cm³/mol. The molecule has 26 heavy (non-hydrogen) atoms. The maximum absolute atomic E-state index is 12.1. The van der Waals surface area contributed by atoms with Crippen LogP contribution in [0.25, 0.3) is 0 Å². The minimum atomic E-state index is -3.68.